The van der Waals surface area contributed by atoms with Crippen molar-refractivity contribution in [2.75, 3.05) is 13.2 Å². The number of nitrogens with one attached hydrogen (secondary N) is 1. The third kappa shape index (κ3) is 5.77. The summed E-state index contributed by atoms with van der Waals surface area (Å²) in [7, 11) is 0. The van der Waals surface area contributed by atoms with Gasteiger partial charge in [0.2, 0.25) is 11.7 Å². The first-order valence-corrected chi connectivity index (χ1v) is 11.5. The number of aliphatic hydroxyl groups is 6. The Kier molecular flexibility index (Phi) is 9.08. The van der Waals surface area contributed by atoms with Crippen molar-refractivity contribution in [1.82, 2.24) is 5.32 Å². The minimum atomic E-state index is -2.29. The number of carbonyl (C=O) groups excluding carboxylic acids is 1. The standard InChI is InChI=1S/C20H38N4O11/c1-6(25)15-14(29)13(28)11(23)19(33-15)34-16-8(22)3-9(24-7(2)26)12(27)17(16)35-20(31)5-32-10(4-21)18(20)30/h6,8-19,25,27-31H,3-5,21-23H2,1-2H3,(H,24,26)/t6-,8?,9-,10-,11?,12?,13?,14+,15?,16-,17?,18?,19-,20-/m1/s1. The van der Waals surface area contributed by atoms with E-state index in [0.717, 1.165) is 0 Å². The zero-order chi connectivity index (χ0) is 26.2. The minimum absolute atomic E-state index is 0.0289. The lowest BCUT2D eigenvalue weighted by Gasteiger charge is -2.49. The van der Waals surface area contributed by atoms with Gasteiger partial charge in [0.15, 0.2) is 6.29 Å². The van der Waals surface area contributed by atoms with E-state index < -0.39 is 97.7 Å². The van der Waals surface area contributed by atoms with Crippen LogP contribution >= 0.6 is 0 Å². The van der Waals surface area contributed by atoms with E-state index in [1.165, 1.54) is 13.8 Å². The molecule has 7 unspecified atom stereocenters. The molecule has 13 N–H and O–H groups in total. The van der Waals surface area contributed by atoms with Crippen molar-refractivity contribution in [2.24, 2.45) is 17.2 Å². The topological polar surface area (TPSA) is 265 Å². The Balaban J connectivity index is 1.87. The van der Waals surface area contributed by atoms with Crippen LogP contribution in [0.25, 0.3) is 0 Å². The van der Waals surface area contributed by atoms with Crippen molar-refractivity contribution in [2.45, 2.75) is 105 Å². The molecule has 2 heterocycles. The lowest BCUT2D eigenvalue weighted by atomic mass is 9.83. The summed E-state index contributed by atoms with van der Waals surface area (Å²) in [5.74, 6) is -2.73. The first-order chi connectivity index (χ1) is 16.3. The number of amides is 1. The van der Waals surface area contributed by atoms with Gasteiger partial charge in [0.25, 0.3) is 0 Å². The highest BCUT2D eigenvalue weighted by molar-refractivity contribution is 5.73. The van der Waals surface area contributed by atoms with E-state index in [1.54, 1.807) is 0 Å². The van der Waals surface area contributed by atoms with E-state index in [0.29, 0.717) is 0 Å². The molecule has 15 heteroatoms. The molecule has 0 spiro atoms. The molecule has 0 aromatic rings. The molecule has 3 fully saturated rings. The Morgan fingerprint density at radius 3 is 2.37 bits per heavy atom. The second-order valence-corrected chi connectivity index (χ2v) is 9.52. The highest BCUT2D eigenvalue weighted by Gasteiger charge is 2.56. The fraction of sp³-hybridized carbons (Fsp3) is 0.950. The van der Waals surface area contributed by atoms with Crippen molar-refractivity contribution in [1.29, 1.82) is 0 Å². The number of rotatable bonds is 7. The number of ether oxygens (including phenoxy) is 4. The summed E-state index contributed by atoms with van der Waals surface area (Å²) in [5, 5.41) is 65.5. The molecule has 14 atom stereocenters. The molecular weight excluding hydrogens is 472 g/mol. The number of nitrogens with two attached hydrogens (primary N) is 3. The van der Waals surface area contributed by atoms with Crippen molar-refractivity contribution >= 4 is 5.91 Å². The van der Waals surface area contributed by atoms with Gasteiger partial charge in [-0.05, 0) is 13.3 Å². The number of hydrogen-bond acceptors (Lipinski definition) is 14. The SMILES string of the molecule is CC(=O)N[C@@H]1CC(N)[C@@H](O[C@H]2OC([C@@H](C)O)[C@@H](O)C(O)C2N)C(O[C@]2(O)CO[C@H](CN)C2O)C1O. The fourth-order valence-corrected chi connectivity index (χ4v) is 4.77. The molecule has 1 aliphatic carbocycles. The summed E-state index contributed by atoms with van der Waals surface area (Å²) in [6, 6.07) is -3.08. The molecule has 35 heavy (non-hydrogen) atoms. The second kappa shape index (κ2) is 11.1. The summed E-state index contributed by atoms with van der Waals surface area (Å²) in [5.41, 5.74) is 17.8. The van der Waals surface area contributed by atoms with Gasteiger partial charge in [0, 0.05) is 19.5 Å². The zero-order valence-corrected chi connectivity index (χ0v) is 19.6. The van der Waals surface area contributed by atoms with Gasteiger partial charge in [-0.25, -0.2) is 0 Å². The van der Waals surface area contributed by atoms with E-state index in [2.05, 4.69) is 5.32 Å². The van der Waals surface area contributed by atoms with Gasteiger partial charge in [-0.15, -0.1) is 0 Å². The first kappa shape index (κ1) is 28.5. The van der Waals surface area contributed by atoms with Gasteiger partial charge < -0.3 is 72.1 Å². The summed E-state index contributed by atoms with van der Waals surface area (Å²) >= 11 is 0. The molecule has 2 saturated heterocycles. The predicted molar refractivity (Wildman–Crippen MR) is 116 cm³/mol. The number of aliphatic hydroxyl groups excluding tert-OH is 5. The van der Waals surface area contributed by atoms with Crippen LogP contribution in [-0.2, 0) is 23.7 Å². The second-order valence-electron chi connectivity index (χ2n) is 9.52. The van der Waals surface area contributed by atoms with Gasteiger partial charge in [-0.2, -0.15) is 0 Å². The predicted octanol–water partition coefficient (Wildman–Crippen LogP) is -6.08. The van der Waals surface area contributed by atoms with Crippen molar-refractivity contribution in [3.8, 4) is 0 Å². The van der Waals surface area contributed by atoms with E-state index in [9.17, 15) is 35.4 Å². The monoisotopic (exact) mass is 510 g/mol. The molecule has 1 saturated carbocycles. The van der Waals surface area contributed by atoms with E-state index in [4.69, 9.17) is 36.1 Å². The molecule has 1 amide bonds. The van der Waals surface area contributed by atoms with Gasteiger partial charge in [0.1, 0.15) is 55.4 Å². The molecule has 2 aliphatic heterocycles. The average molecular weight is 511 g/mol. The van der Waals surface area contributed by atoms with Crippen LogP contribution in [0.5, 0.6) is 0 Å². The lowest BCUT2D eigenvalue weighted by Crippen LogP contribution is -2.69. The normalized spacial score (nSPS) is 49.6. The third-order valence-electron chi connectivity index (χ3n) is 6.75. The smallest absolute Gasteiger partial charge is 0.219 e. The highest BCUT2D eigenvalue weighted by atomic mass is 16.7. The van der Waals surface area contributed by atoms with E-state index in [1.807, 2.05) is 0 Å². The Morgan fingerprint density at radius 2 is 1.83 bits per heavy atom. The molecule has 0 radical (unpaired) electrons. The quantitative estimate of drug-likeness (QED) is 0.143. The molecule has 0 aromatic carbocycles. The Morgan fingerprint density at radius 1 is 1.17 bits per heavy atom. The number of hydrogen-bond donors (Lipinski definition) is 10. The third-order valence-corrected chi connectivity index (χ3v) is 6.75. The number of carbonyl (C=O) groups is 1. The van der Waals surface area contributed by atoms with Crippen molar-refractivity contribution in [3.63, 3.8) is 0 Å². The van der Waals surface area contributed by atoms with Crippen LogP contribution in [0.1, 0.15) is 20.3 Å². The molecule has 3 rings (SSSR count). The molecular formula is C20H38N4O11. The summed E-state index contributed by atoms with van der Waals surface area (Å²) in [6.45, 7) is 2.02. The maximum Gasteiger partial charge on any atom is 0.219 e. The lowest BCUT2D eigenvalue weighted by molar-refractivity contribution is -0.333. The average Bonchev–Trinajstić information content (AvgIpc) is 3.07. The Labute approximate surface area is 202 Å². The fourth-order valence-electron chi connectivity index (χ4n) is 4.77. The molecule has 204 valence electrons. The van der Waals surface area contributed by atoms with E-state index >= 15 is 0 Å². The molecule has 15 nitrogen and oxygen atoms in total. The van der Waals surface area contributed by atoms with Crippen LogP contribution in [0, 0.1) is 0 Å². The molecule has 3 aliphatic rings. The van der Waals surface area contributed by atoms with Crippen LogP contribution in [-0.4, -0.2) is 135 Å². The Hall–Kier alpha value is -1.05. The van der Waals surface area contributed by atoms with Crippen LogP contribution in [0.15, 0.2) is 0 Å². The van der Waals surface area contributed by atoms with Crippen molar-refractivity contribution in [3.05, 3.63) is 0 Å². The largest absolute Gasteiger partial charge is 0.391 e. The van der Waals surface area contributed by atoms with Crippen LogP contribution in [0.3, 0.4) is 0 Å². The minimum Gasteiger partial charge on any atom is -0.391 e. The first-order valence-electron chi connectivity index (χ1n) is 11.5. The maximum atomic E-state index is 11.7. The van der Waals surface area contributed by atoms with Crippen LogP contribution in [0.4, 0.5) is 0 Å². The van der Waals surface area contributed by atoms with E-state index in [-0.39, 0.29) is 13.0 Å². The van der Waals surface area contributed by atoms with Gasteiger partial charge in [-0.3, -0.25) is 4.79 Å². The summed E-state index contributed by atoms with van der Waals surface area (Å²) in [4.78, 5) is 11.7. The zero-order valence-electron chi connectivity index (χ0n) is 19.6. The summed E-state index contributed by atoms with van der Waals surface area (Å²) < 4.78 is 22.6. The maximum absolute atomic E-state index is 11.7. The van der Waals surface area contributed by atoms with Crippen molar-refractivity contribution < 1.29 is 54.4 Å². The Bertz CT molecular complexity index is 735. The van der Waals surface area contributed by atoms with Gasteiger partial charge in [-0.1, -0.05) is 0 Å². The van der Waals surface area contributed by atoms with Crippen LogP contribution < -0.4 is 22.5 Å². The summed E-state index contributed by atoms with van der Waals surface area (Å²) in [6.07, 6.45) is -13.5. The van der Waals surface area contributed by atoms with Gasteiger partial charge in [0.05, 0.1) is 18.2 Å². The van der Waals surface area contributed by atoms with Gasteiger partial charge >= 0.3 is 0 Å². The molecule has 0 aromatic heterocycles. The highest BCUT2D eigenvalue weighted by Crippen LogP contribution is 2.35. The molecule has 0 bridgehead atoms. The van der Waals surface area contributed by atoms with Crippen LogP contribution in [0.2, 0.25) is 0 Å².